The summed E-state index contributed by atoms with van der Waals surface area (Å²) in [5.41, 5.74) is 3.17. The van der Waals surface area contributed by atoms with Crippen LogP contribution in [0.25, 0.3) is 0 Å². The van der Waals surface area contributed by atoms with Gasteiger partial charge in [-0.1, -0.05) is 25.1 Å². The van der Waals surface area contributed by atoms with E-state index in [1.165, 1.54) is 0 Å². The summed E-state index contributed by atoms with van der Waals surface area (Å²) in [5.74, 6) is 0.964. The largest absolute Gasteiger partial charge is 0.372 e. The molecule has 0 radical (unpaired) electrons. The van der Waals surface area contributed by atoms with Gasteiger partial charge in [0, 0.05) is 25.0 Å². The van der Waals surface area contributed by atoms with Gasteiger partial charge in [-0.15, -0.1) is 0 Å². The Morgan fingerprint density at radius 1 is 1.42 bits per heavy atom. The smallest absolute Gasteiger partial charge is 0.238 e. The average Bonchev–Trinajstić information content (AvgIpc) is 2.98. The molecule has 0 aliphatic carbocycles. The maximum Gasteiger partial charge on any atom is 0.238 e. The van der Waals surface area contributed by atoms with Crippen molar-refractivity contribution in [3.05, 3.63) is 47.5 Å². The van der Waals surface area contributed by atoms with E-state index in [0.717, 1.165) is 35.7 Å². The molecule has 0 spiro atoms. The summed E-state index contributed by atoms with van der Waals surface area (Å²) in [5, 5.41) is 3.01. The highest BCUT2D eigenvalue weighted by atomic mass is 16.5. The number of hydrogen-bond acceptors (Lipinski definition) is 4. The molecule has 2 heterocycles. The van der Waals surface area contributed by atoms with Gasteiger partial charge >= 0.3 is 0 Å². The van der Waals surface area contributed by atoms with E-state index in [9.17, 15) is 4.79 Å². The summed E-state index contributed by atoms with van der Waals surface area (Å²) in [7, 11) is 1.95. The molecule has 2 aromatic rings. The van der Waals surface area contributed by atoms with E-state index in [0.29, 0.717) is 26.3 Å². The van der Waals surface area contributed by atoms with Crippen molar-refractivity contribution in [1.29, 1.82) is 0 Å². The number of ether oxygens (including phenoxy) is 1. The van der Waals surface area contributed by atoms with Crippen molar-refractivity contribution in [1.82, 2.24) is 14.5 Å². The molecule has 1 N–H and O–H groups in total. The van der Waals surface area contributed by atoms with Gasteiger partial charge < -0.3 is 14.6 Å². The molecule has 0 unspecified atom stereocenters. The molecule has 1 amide bonds. The van der Waals surface area contributed by atoms with Crippen LogP contribution in [0.1, 0.15) is 24.0 Å². The molecule has 0 bridgehead atoms. The highest BCUT2D eigenvalue weighted by Gasteiger charge is 2.16. The van der Waals surface area contributed by atoms with Gasteiger partial charge in [-0.2, -0.15) is 0 Å². The number of aryl methyl sites for hydroxylation is 1. The predicted molar refractivity (Wildman–Crippen MR) is 92.7 cm³/mol. The first-order valence-corrected chi connectivity index (χ1v) is 8.34. The Hall–Kier alpha value is -2.18. The van der Waals surface area contributed by atoms with E-state index in [2.05, 4.69) is 21.8 Å². The van der Waals surface area contributed by atoms with Crippen molar-refractivity contribution >= 4 is 11.6 Å². The Labute approximate surface area is 142 Å². The minimum absolute atomic E-state index is 0.000108. The number of para-hydroxylation sites is 1. The first-order valence-electron chi connectivity index (χ1n) is 8.34. The third kappa shape index (κ3) is 3.83. The van der Waals surface area contributed by atoms with Gasteiger partial charge in [0.05, 0.1) is 18.8 Å². The van der Waals surface area contributed by atoms with E-state index >= 15 is 0 Å². The van der Waals surface area contributed by atoms with Crippen molar-refractivity contribution in [2.24, 2.45) is 0 Å². The topological polar surface area (TPSA) is 59.4 Å². The number of benzene rings is 1. The van der Waals surface area contributed by atoms with Crippen LogP contribution in [0.4, 0.5) is 5.69 Å². The number of likely N-dealkylation sites (N-methyl/N-ethyl adjacent to an activating group) is 1. The summed E-state index contributed by atoms with van der Waals surface area (Å²) in [6, 6.07) is 7.93. The van der Waals surface area contributed by atoms with Crippen molar-refractivity contribution in [3.63, 3.8) is 0 Å². The quantitative estimate of drug-likeness (QED) is 0.882. The van der Waals surface area contributed by atoms with Crippen LogP contribution in [0.5, 0.6) is 0 Å². The van der Waals surface area contributed by atoms with Crippen molar-refractivity contribution < 1.29 is 9.53 Å². The lowest BCUT2D eigenvalue weighted by Gasteiger charge is -2.20. The van der Waals surface area contributed by atoms with Crippen LogP contribution < -0.4 is 5.32 Å². The molecule has 0 saturated carbocycles. The normalized spacial score (nSPS) is 13.8. The zero-order chi connectivity index (χ0) is 16.9. The van der Waals surface area contributed by atoms with Gasteiger partial charge in [-0.05, 0) is 25.1 Å². The highest BCUT2D eigenvalue weighted by Crippen LogP contribution is 2.16. The summed E-state index contributed by atoms with van der Waals surface area (Å²) in [6.07, 6.45) is 2.78. The molecule has 1 aromatic carbocycles. The molecule has 0 fully saturated rings. The van der Waals surface area contributed by atoms with E-state index in [1.807, 2.05) is 42.4 Å². The lowest BCUT2D eigenvalue weighted by molar-refractivity contribution is -0.117. The zero-order valence-electron chi connectivity index (χ0n) is 14.3. The molecular formula is C18H24N4O2. The van der Waals surface area contributed by atoms with Crippen molar-refractivity contribution in [2.45, 2.75) is 33.0 Å². The van der Waals surface area contributed by atoms with Gasteiger partial charge in [-0.25, -0.2) is 4.98 Å². The van der Waals surface area contributed by atoms with Gasteiger partial charge in [-0.3, -0.25) is 9.69 Å². The van der Waals surface area contributed by atoms with Crippen LogP contribution in [0, 0.1) is 0 Å². The van der Waals surface area contributed by atoms with Crippen molar-refractivity contribution in [2.75, 3.05) is 25.5 Å². The van der Waals surface area contributed by atoms with E-state index in [-0.39, 0.29) is 5.91 Å². The molecule has 6 nitrogen and oxygen atoms in total. The number of carbonyl (C=O) groups excluding carboxylic acids is 1. The van der Waals surface area contributed by atoms with Gasteiger partial charge in [0.1, 0.15) is 12.4 Å². The number of imidazole rings is 1. The van der Waals surface area contributed by atoms with Crippen LogP contribution in [0.15, 0.2) is 30.5 Å². The third-order valence-electron chi connectivity index (χ3n) is 4.23. The Bertz CT molecular complexity index is 711. The number of nitrogens with zero attached hydrogens (tertiary/aromatic N) is 3. The second kappa shape index (κ2) is 7.59. The SMILES string of the molecule is CCc1ccccc1NC(=O)CN(C)Cc1cnc2n1CCOC2. The second-order valence-electron chi connectivity index (χ2n) is 6.10. The Kier molecular flexibility index (Phi) is 5.27. The number of fused-ring (bicyclic) bond motifs is 1. The van der Waals surface area contributed by atoms with Crippen LogP contribution in [0.3, 0.4) is 0 Å². The lowest BCUT2D eigenvalue weighted by atomic mass is 10.1. The maximum atomic E-state index is 12.3. The van der Waals surface area contributed by atoms with E-state index < -0.39 is 0 Å². The molecule has 24 heavy (non-hydrogen) atoms. The van der Waals surface area contributed by atoms with E-state index in [4.69, 9.17) is 4.74 Å². The molecule has 6 heteroatoms. The molecule has 0 atom stereocenters. The van der Waals surface area contributed by atoms with Crippen LogP contribution in [0.2, 0.25) is 0 Å². The summed E-state index contributed by atoms with van der Waals surface area (Å²) >= 11 is 0. The summed E-state index contributed by atoms with van der Waals surface area (Å²) < 4.78 is 7.59. The summed E-state index contributed by atoms with van der Waals surface area (Å²) in [6.45, 7) is 5.23. The minimum atomic E-state index is 0.000108. The standard InChI is InChI=1S/C18H24N4O2/c1-3-14-6-4-5-7-16(14)20-18(23)12-21(2)11-15-10-19-17-13-24-9-8-22(15)17/h4-7,10H,3,8-9,11-13H2,1-2H3,(H,20,23). The Morgan fingerprint density at radius 2 is 2.25 bits per heavy atom. The monoisotopic (exact) mass is 328 g/mol. The minimum Gasteiger partial charge on any atom is -0.372 e. The van der Waals surface area contributed by atoms with Crippen LogP contribution in [-0.4, -0.2) is 40.6 Å². The van der Waals surface area contributed by atoms with Crippen molar-refractivity contribution in [3.8, 4) is 0 Å². The fourth-order valence-electron chi connectivity index (χ4n) is 3.01. The number of carbonyl (C=O) groups is 1. The van der Waals surface area contributed by atoms with Gasteiger partial charge in [0.2, 0.25) is 5.91 Å². The highest BCUT2D eigenvalue weighted by molar-refractivity contribution is 5.92. The van der Waals surface area contributed by atoms with Crippen LogP contribution in [-0.2, 0) is 35.6 Å². The van der Waals surface area contributed by atoms with E-state index in [1.54, 1.807) is 0 Å². The maximum absolute atomic E-state index is 12.3. The number of rotatable bonds is 6. The first-order chi connectivity index (χ1) is 11.7. The van der Waals surface area contributed by atoms with Gasteiger partial charge in [0.15, 0.2) is 0 Å². The first kappa shape index (κ1) is 16.7. The Morgan fingerprint density at radius 3 is 3.08 bits per heavy atom. The second-order valence-corrected chi connectivity index (χ2v) is 6.10. The third-order valence-corrected chi connectivity index (χ3v) is 4.23. The molecule has 3 rings (SSSR count). The fraction of sp³-hybridized carbons (Fsp3) is 0.444. The molecule has 1 aromatic heterocycles. The number of hydrogen-bond donors (Lipinski definition) is 1. The Balaban J connectivity index is 1.57. The van der Waals surface area contributed by atoms with Gasteiger partial charge in [0.25, 0.3) is 0 Å². The number of nitrogens with one attached hydrogen (secondary N) is 1. The molecule has 128 valence electrons. The summed E-state index contributed by atoms with van der Waals surface area (Å²) in [4.78, 5) is 18.7. The molecule has 1 aliphatic rings. The molecule has 1 aliphatic heterocycles. The molecule has 0 saturated heterocycles. The average molecular weight is 328 g/mol. The predicted octanol–water partition coefficient (Wildman–Crippen LogP) is 2.05. The zero-order valence-corrected chi connectivity index (χ0v) is 14.3. The lowest BCUT2D eigenvalue weighted by Crippen LogP contribution is -2.31. The number of amides is 1. The molecular weight excluding hydrogens is 304 g/mol. The van der Waals surface area contributed by atoms with Crippen LogP contribution >= 0.6 is 0 Å². The fourth-order valence-corrected chi connectivity index (χ4v) is 3.01. The number of anilines is 1. The number of aromatic nitrogens is 2.